The monoisotopic (exact) mass is 622 g/mol. The summed E-state index contributed by atoms with van der Waals surface area (Å²) in [7, 11) is -1.98. The molecule has 5 aromatic carbocycles. The van der Waals surface area contributed by atoms with Crippen molar-refractivity contribution in [2.24, 2.45) is 0 Å². The predicted octanol–water partition coefficient (Wildman–Crippen LogP) is 12.8. The van der Waals surface area contributed by atoms with Crippen LogP contribution in [0.4, 0.5) is 0 Å². The second-order valence-corrected chi connectivity index (χ2v) is 27.8. The Hall–Kier alpha value is -2.25. The minimum Gasteiger partial charge on any atom is -0.126 e. The van der Waals surface area contributed by atoms with Crippen LogP contribution in [-0.2, 0) is 0 Å². The SMILES string of the molecule is Cc1cc(-c2ccc3cc(SCC[Si](C)(C)C)ccc3c2)c(C)cc1-c1ccc2cc(SCC[Si](C)(C)C)ccc2c1. The highest BCUT2D eigenvalue weighted by Crippen LogP contribution is 2.36. The lowest BCUT2D eigenvalue weighted by atomic mass is 9.90. The van der Waals surface area contributed by atoms with E-state index in [1.54, 1.807) is 0 Å². The van der Waals surface area contributed by atoms with Crippen molar-refractivity contribution >= 4 is 61.2 Å². The molecule has 0 unspecified atom stereocenters. The summed E-state index contributed by atoms with van der Waals surface area (Å²) in [6.07, 6.45) is 0. The average molecular weight is 623 g/mol. The third kappa shape index (κ3) is 8.02. The summed E-state index contributed by atoms with van der Waals surface area (Å²) >= 11 is 4.01. The van der Waals surface area contributed by atoms with Gasteiger partial charge < -0.3 is 0 Å². The summed E-state index contributed by atoms with van der Waals surface area (Å²) in [5.41, 5.74) is 7.89. The molecule has 0 nitrogen and oxygen atoms in total. The molecule has 0 amide bonds. The van der Waals surface area contributed by atoms with Crippen LogP contribution in [0.1, 0.15) is 11.1 Å². The molecule has 0 heterocycles. The summed E-state index contributed by atoms with van der Waals surface area (Å²) in [6, 6.07) is 35.4. The molecular weight excluding hydrogens is 577 g/mol. The van der Waals surface area contributed by atoms with Gasteiger partial charge in [-0.25, -0.2) is 0 Å². The summed E-state index contributed by atoms with van der Waals surface area (Å²) in [5, 5.41) is 5.29. The highest BCUT2D eigenvalue weighted by Gasteiger charge is 2.14. The molecule has 0 N–H and O–H groups in total. The summed E-state index contributed by atoms with van der Waals surface area (Å²) in [5.74, 6) is 2.44. The minimum absolute atomic E-state index is 0.990. The molecule has 5 aromatic rings. The molecule has 0 radical (unpaired) electrons. The van der Waals surface area contributed by atoms with Crippen molar-refractivity contribution in [2.75, 3.05) is 11.5 Å². The fraction of sp³-hybridized carbons (Fsp3) is 0.316. The van der Waals surface area contributed by atoms with Gasteiger partial charge in [-0.15, -0.1) is 23.5 Å². The van der Waals surface area contributed by atoms with Gasteiger partial charge in [0.2, 0.25) is 0 Å². The molecule has 0 spiro atoms. The van der Waals surface area contributed by atoms with Crippen LogP contribution < -0.4 is 0 Å². The fourth-order valence-corrected chi connectivity index (χ4v) is 12.3. The maximum absolute atomic E-state index is 2.46. The molecule has 0 aromatic heterocycles. The number of fused-ring (bicyclic) bond motifs is 2. The van der Waals surface area contributed by atoms with E-state index in [1.165, 1.54) is 88.3 Å². The van der Waals surface area contributed by atoms with Crippen molar-refractivity contribution in [1.29, 1.82) is 0 Å². The third-order valence-corrected chi connectivity index (χ3v) is 14.3. The highest BCUT2D eigenvalue weighted by molar-refractivity contribution is 7.99. The van der Waals surface area contributed by atoms with E-state index >= 15 is 0 Å². The number of hydrogen-bond donors (Lipinski definition) is 0. The van der Waals surface area contributed by atoms with Crippen molar-refractivity contribution in [2.45, 2.75) is 75.0 Å². The molecule has 0 aliphatic carbocycles. The van der Waals surface area contributed by atoms with Crippen LogP contribution in [0.15, 0.2) is 94.7 Å². The maximum Gasteiger partial charge on any atom is 0.0450 e. The molecule has 0 fully saturated rings. The zero-order valence-electron chi connectivity index (χ0n) is 26.7. The molecule has 218 valence electrons. The molecule has 0 aliphatic rings. The van der Waals surface area contributed by atoms with E-state index in [4.69, 9.17) is 0 Å². The van der Waals surface area contributed by atoms with E-state index < -0.39 is 16.1 Å². The first-order valence-electron chi connectivity index (χ1n) is 15.3. The molecule has 4 heteroatoms. The zero-order chi connectivity index (χ0) is 30.1. The molecule has 0 atom stereocenters. The Morgan fingerprint density at radius 2 is 0.810 bits per heavy atom. The van der Waals surface area contributed by atoms with E-state index in [1.807, 2.05) is 23.5 Å². The van der Waals surface area contributed by atoms with E-state index in [2.05, 4.69) is 138 Å². The lowest BCUT2D eigenvalue weighted by Gasteiger charge is -2.16. The first-order valence-corrected chi connectivity index (χ1v) is 24.7. The summed E-state index contributed by atoms with van der Waals surface area (Å²) in [6.45, 7) is 19.3. The van der Waals surface area contributed by atoms with Crippen LogP contribution in [-0.4, -0.2) is 27.7 Å². The smallest absolute Gasteiger partial charge is 0.0450 e. The van der Waals surface area contributed by atoms with Gasteiger partial charge in [0.15, 0.2) is 0 Å². The number of benzene rings is 5. The topological polar surface area (TPSA) is 0 Å². The number of thioether (sulfide) groups is 2. The van der Waals surface area contributed by atoms with Gasteiger partial charge in [0.1, 0.15) is 0 Å². The molecular formula is C38H46S2Si2. The lowest BCUT2D eigenvalue weighted by Crippen LogP contribution is -2.19. The lowest BCUT2D eigenvalue weighted by molar-refractivity contribution is 1.36. The maximum atomic E-state index is 2.46. The second-order valence-electron chi connectivity index (χ2n) is 14.2. The van der Waals surface area contributed by atoms with Gasteiger partial charge in [0, 0.05) is 25.9 Å². The van der Waals surface area contributed by atoms with Crippen molar-refractivity contribution in [3.63, 3.8) is 0 Å². The van der Waals surface area contributed by atoms with Crippen LogP contribution >= 0.6 is 23.5 Å². The Morgan fingerprint density at radius 3 is 1.19 bits per heavy atom. The van der Waals surface area contributed by atoms with Gasteiger partial charge in [-0.05, 0) is 129 Å². The predicted molar refractivity (Wildman–Crippen MR) is 200 cm³/mol. The first kappa shape index (κ1) is 31.2. The van der Waals surface area contributed by atoms with E-state index in [-0.39, 0.29) is 0 Å². The van der Waals surface area contributed by atoms with Gasteiger partial charge in [-0.1, -0.05) is 87.8 Å². The molecule has 0 aliphatic heterocycles. The van der Waals surface area contributed by atoms with Gasteiger partial charge in [0.25, 0.3) is 0 Å². The highest BCUT2D eigenvalue weighted by atomic mass is 32.2. The van der Waals surface area contributed by atoms with Crippen LogP contribution in [0.2, 0.25) is 51.4 Å². The minimum atomic E-state index is -0.990. The van der Waals surface area contributed by atoms with Crippen molar-refractivity contribution < 1.29 is 0 Å². The van der Waals surface area contributed by atoms with Crippen LogP contribution in [0.25, 0.3) is 43.8 Å². The standard InChI is InChI=1S/C38H46S2Si2/c1-27-21-38(34-12-10-32-26-36(16-14-30(32)24-34)40-18-20-42(6,7)8)28(2)22-37(27)33-11-9-31-25-35(15-13-29(31)23-33)39-17-19-41(3,4)5/h9-16,21-26H,17-20H2,1-8H3. The van der Waals surface area contributed by atoms with Crippen molar-refractivity contribution in [3.05, 3.63) is 96.1 Å². The summed E-state index contributed by atoms with van der Waals surface area (Å²) in [4.78, 5) is 2.77. The molecule has 5 rings (SSSR count). The van der Waals surface area contributed by atoms with Gasteiger partial charge in [-0.3, -0.25) is 0 Å². The summed E-state index contributed by atoms with van der Waals surface area (Å²) < 4.78 is 0. The number of aryl methyl sites for hydroxylation is 2. The van der Waals surface area contributed by atoms with Crippen LogP contribution in [0.5, 0.6) is 0 Å². The third-order valence-electron chi connectivity index (χ3n) is 8.06. The molecule has 0 saturated carbocycles. The Bertz CT molecular complexity index is 1600. The van der Waals surface area contributed by atoms with Crippen molar-refractivity contribution in [3.8, 4) is 22.3 Å². The van der Waals surface area contributed by atoms with Gasteiger partial charge >= 0.3 is 0 Å². The van der Waals surface area contributed by atoms with E-state index in [0.717, 1.165) is 0 Å². The van der Waals surface area contributed by atoms with Crippen molar-refractivity contribution in [1.82, 2.24) is 0 Å². The van der Waals surface area contributed by atoms with Gasteiger partial charge in [0.05, 0.1) is 0 Å². The Balaban J connectivity index is 1.35. The van der Waals surface area contributed by atoms with Crippen LogP contribution in [0, 0.1) is 13.8 Å². The molecule has 0 bridgehead atoms. The van der Waals surface area contributed by atoms with E-state index in [9.17, 15) is 0 Å². The largest absolute Gasteiger partial charge is 0.126 e. The van der Waals surface area contributed by atoms with Crippen LogP contribution in [0.3, 0.4) is 0 Å². The Labute approximate surface area is 264 Å². The first-order chi connectivity index (χ1) is 19.8. The fourth-order valence-electron chi connectivity index (χ4n) is 5.35. The zero-order valence-corrected chi connectivity index (χ0v) is 30.4. The quantitative estimate of drug-likeness (QED) is 0.112. The van der Waals surface area contributed by atoms with Gasteiger partial charge in [-0.2, -0.15) is 0 Å². The number of rotatable bonds is 10. The Morgan fingerprint density at radius 1 is 0.452 bits per heavy atom. The average Bonchev–Trinajstić information content (AvgIpc) is 2.92. The normalized spacial score (nSPS) is 12.4. The Kier molecular flexibility index (Phi) is 9.49. The molecule has 0 saturated heterocycles. The second kappa shape index (κ2) is 12.8. The van der Waals surface area contributed by atoms with E-state index in [0.29, 0.717) is 0 Å². The molecule has 42 heavy (non-hydrogen) atoms. The number of hydrogen-bond acceptors (Lipinski definition) is 2.